The number of hydrogen-bond acceptors (Lipinski definition) is 6. The molecule has 2 amide bonds. The van der Waals surface area contributed by atoms with Gasteiger partial charge in [0.05, 0.1) is 0 Å². The summed E-state index contributed by atoms with van der Waals surface area (Å²) in [5.41, 5.74) is 1.21. The second kappa shape index (κ2) is 8.47. The number of rotatable bonds is 6. The van der Waals surface area contributed by atoms with E-state index < -0.39 is 0 Å². The summed E-state index contributed by atoms with van der Waals surface area (Å²) in [6.07, 6.45) is 7.81. The van der Waals surface area contributed by atoms with Crippen molar-refractivity contribution in [3.8, 4) is 0 Å². The van der Waals surface area contributed by atoms with Crippen LogP contribution in [0, 0.1) is 0 Å². The molecule has 0 unspecified atom stereocenters. The van der Waals surface area contributed by atoms with Gasteiger partial charge < -0.3 is 14.7 Å². The number of carbonyl (C=O) groups is 1. The Hall–Kier alpha value is -2.48. The van der Waals surface area contributed by atoms with Crippen LogP contribution in [0.25, 0.3) is 0 Å². The topological polar surface area (TPSA) is 87.4 Å². The number of carbonyl (C=O) groups excluding carboxylic acids is 1. The van der Waals surface area contributed by atoms with E-state index >= 15 is 0 Å². The summed E-state index contributed by atoms with van der Waals surface area (Å²) in [6.45, 7) is 4.62. The Morgan fingerprint density at radius 2 is 2.11 bits per heavy atom. The number of pyridine rings is 1. The second-order valence-electron chi connectivity index (χ2n) is 7.28. The van der Waals surface area contributed by atoms with Crippen LogP contribution in [0.3, 0.4) is 0 Å². The molecule has 8 nitrogen and oxygen atoms in total. The van der Waals surface area contributed by atoms with E-state index in [1.54, 1.807) is 6.20 Å². The van der Waals surface area contributed by atoms with Gasteiger partial charge in [0.1, 0.15) is 0 Å². The summed E-state index contributed by atoms with van der Waals surface area (Å²) in [6, 6.07) is 4.02. The van der Waals surface area contributed by atoms with Crippen molar-refractivity contribution in [2.75, 3.05) is 32.7 Å². The number of urea groups is 1. The Morgan fingerprint density at radius 3 is 2.81 bits per heavy atom. The molecule has 0 atom stereocenters. The fourth-order valence-corrected chi connectivity index (χ4v) is 3.44. The molecule has 1 aliphatic carbocycles. The standard InChI is InChI=1S/C19H26N6O2/c26-19(21-8-6-17-22-18(27-23-17)16-4-1-5-16)25-11-9-24(10-12-25)14-15-3-2-7-20-13-15/h2-3,7,13,16H,1,4-6,8-12,14H2,(H,21,26). The molecule has 27 heavy (non-hydrogen) atoms. The zero-order chi connectivity index (χ0) is 18.5. The second-order valence-corrected chi connectivity index (χ2v) is 7.28. The van der Waals surface area contributed by atoms with Gasteiger partial charge in [-0.25, -0.2) is 4.79 Å². The van der Waals surface area contributed by atoms with E-state index in [4.69, 9.17) is 4.52 Å². The van der Waals surface area contributed by atoms with Gasteiger partial charge in [0.2, 0.25) is 5.89 Å². The number of nitrogens with zero attached hydrogens (tertiary/aromatic N) is 5. The summed E-state index contributed by atoms with van der Waals surface area (Å²) in [5, 5.41) is 6.98. The van der Waals surface area contributed by atoms with Gasteiger partial charge >= 0.3 is 6.03 Å². The smallest absolute Gasteiger partial charge is 0.317 e. The number of hydrogen-bond donors (Lipinski definition) is 1. The summed E-state index contributed by atoms with van der Waals surface area (Å²) < 4.78 is 5.31. The highest BCUT2D eigenvalue weighted by atomic mass is 16.5. The fourth-order valence-electron chi connectivity index (χ4n) is 3.44. The highest BCUT2D eigenvalue weighted by molar-refractivity contribution is 5.74. The number of nitrogens with one attached hydrogen (secondary N) is 1. The Bertz CT molecular complexity index is 738. The third kappa shape index (κ3) is 4.63. The van der Waals surface area contributed by atoms with Gasteiger partial charge in [-0.15, -0.1) is 0 Å². The minimum absolute atomic E-state index is 0.0151. The van der Waals surface area contributed by atoms with Crippen LogP contribution in [0.1, 0.15) is 42.5 Å². The van der Waals surface area contributed by atoms with Crippen molar-refractivity contribution in [1.82, 2.24) is 30.2 Å². The van der Waals surface area contributed by atoms with Gasteiger partial charge in [-0.3, -0.25) is 9.88 Å². The molecule has 144 valence electrons. The van der Waals surface area contributed by atoms with E-state index in [0.717, 1.165) is 51.5 Å². The van der Waals surface area contributed by atoms with Gasteiger partial charge in [0.25, 0.3) is 0 Å². The van der Waals surface area contributed by atoms with Crippen LogP contribution in [0.4, 0.5) is 4.79 Å². The average molecular weight is 370 g/mol. The van der Waals surface area contributed by atoms with Crippen molar-refractivity contribution in [2.24, 2.45) is 0 Å². The molecule has 0 aromatic carbocycles. The maximum Gasteiger partial charge on any atom is 0.317 e. The van der Waals surface area contributed by atoms with Crippen LogP contribution in [0.15, 0.2) is 29.0 Å². The lowest BCUT2D eigenvalue weighted by Gasteiger charge is -2.34. The number of amides is 2. The van der Waals surface area contributed by atoms with Gasteiger partial charge in [0.15, 0.2) is 5.82 Å². The van der Waals surface area contributed by atoms with Gasteiger partial charge in [-0.2, -0.15) is 4.98 Å². The largest absolute Gasteiger partial charge is 0.339 e. The molecule has 0 radical (unpaired) electrons. The van der Waals surface area contributed by atoms with Crippen molar-refractivity contribution >= 4 is 6.03 Å². The lowest BCUT2D eigenvalue weighted by molar-refractivity contribution is 0.135. The monoisotopic (exact) mass is 370 g/mol. The number of piperazine rings is 1. The highest BCUT2D eigenvalue weighted by Gasteiger charge is 2.25. The molecule has 2 aromatic heterocycles. The molecule has 0 bridgehead atoms. The van der Waals surface area contributed by atoms with E-state index in [2.05, 4.69) is 31.4 Å². The molecule has 8 heteroatoms. The van der Waals surface area contributed by atoms with Gasteiger partial charge in [-0.1, -0.05) is 17.6 Å². The van der Waals surface area contributed by atoms with Crippen LogP contribution in [-0.2, 0) is 13.0 Å². The molecule has 2 aliphatic rings. The maximum atomic E-state index is 12.3. The zero-order valence-corrected chi connectivity index (χ0v) is 15.5. The summed E-state index contributed by atoms with van der Waals surface area (Å²) in [4.78, 5) is 25.2. The van der Waals surface area contributed by atoms with Crippen LogP contribution in [0.2, 0.25) is 0 Å². The lowest BCUT2D eigenvalue weighted by atomic mass is 9.85. The quantitative estimate of drug-likeness (QED) is 0.834. The third-order valence-electron chi connectivity index (χ3n) is 5.35. The summed E-state index contributed by atoms with van der Waals surface area (Å²) >= 11 is 0. The Balaban J connectivity index is 1.16. The Kier molecular flexibility index (Phi) is 5.62. The van der Waals surface area contributed by atoms with Crippen molar-refractivity contribution < 1.29 is 9.32 Å². The van der Waals surface area contributed by atoms with E-state index in [9.17, 15) is 4.79 Å². The molecule has 4 rings (SSSR count). The Labute approximate surface area is 158 Å². The summed E-state index contributed by atoms with van der Waals surface area (Å²) in [7, 11) is 0. The number of aromatic nitrogens is 3. The molecule has 2 aromatic rings. The predicted molar refractivity (Wildman–Crippen MR) is 99.1 cm³/mol. The van der Waals surface area contributed by atoms with Crippen molar-refractivity contribution in [3.05, 3.63) is 41.8 Å². The predicted octanol–water partition coefficient (Wildman–Crippen LogP) is 1.80. The van der Waals surface area contributed by atoms with E-state index in [0.29, 0.717) is 24.7 Å². The minimum atomic E-state index is -0.0151. The third-order valence-corrected chi connectivity index (χ3v) is 5.35. The molecule has 2 fully saturated rings. The van der Waals surface area contributed by atoms with Crippen molar-refractivity contribution in [2.45, 2.75) is 38.1 Å². The van der Waals surface area contributed by atoms with E-state index in [1.807, 2.05) is 17.2 Å². The van der Waals surface area contributed by atoms with Crippen molar-refractivity contribution in [3.63, 3.8) is 0 Å². The van der Waals surface area contributed by atoms with Gasteiger partial charge in [-0.05, 0) is 24.5 Å². The molecular formula is C19H26N6O2. The van der Waals surface area contributed by atoms with E-state index in [1.165, 1.54) is 12.0 Å². The summed E-state index contributed by atoms with van der Waals surface area (Å²) in [5.74, 6) is 1.88. The lowest BCUT2D eigenvalue weighted by Crippen LogP contribution is -2.51. The molecule has 1 aliphatic heterocycles. The first-order chi connectivity index (χ1) is 13.3. The van der Waals surface area contributed by atoms with Gasteiger partial charge in [0, 0.05) is 64.0 Å². The fraction of sp³-hybridized carbons (Fsp3) is 0.579. The van der Waals surface area contributed by atoms with Crippen molar-refractivity contribution in [1.29, 1.82) is 0 Å². The van der Waals surface area contributed by atoms with Crippen LogP contribution in [0.5, 0.6) is 0 Å². The normalized spacial score (nSPS) is 18.3. The molecule has 0 spiro atoms. The maximum absolute atomic E-state index is 12.3. The highest BCUT2D eigenvalue weighted by Crippen LogP contribution is 2.35. The first-order valence-electron chi connectivity index (χ1n) is 9.74. The SMILES string of the molecule is O=C(NCCc1noc(C2CCC2)n1)N1CCN(Cc2cccnc2)CC1. The molecule has 3 heterocycles. The van der Waals surface area contributed by atoms with E-state index in [-0.39, 0.29) is 6.03 Å². The minimum Gasteiger partial charge on any atom is -0.339 e. The van der Waals surface area contributed by atoms with Crippen LogP contribution in [-0.4, -0.2) is 63.7 Å². The first kappa shape index (κ1) is 17.9. The first-order valence-corrected chi connectivity index (χ1v) is 9.74. The Morgan fingerprint density at radius 1 is 1.26 bits per heavy atom. The molecule has 1 saturated carbocycles. The molecule has 1 N–H and O–H groups in total. The van der Waals surface area contributed by atoms with Crippen LogP contribution >= 0.6 is 0 Å². The van der Waals surface area contributed by atoms with Crippen LogP contribution < -0.4 is 5.32 Å². The molecular weight excluding hydrogens is 344 g/mol. The average Bonchev–Trinajstić information content (AvgIpc) is 3.10. The molecule has 1 saturated heterocycles. The zero-order valence-electron chi connectivity index (χ0n) is 15.5.